The van der Waals surface area contributed by atoms with Gasteiger partial charge in [0, 0.05) is 38.2 Å². The monoisotopic (exact) mass is 586 g/mol. The van der Waals surface area contributed by atoms with Gasteiger partial charge in [-0.1, -0.05) is 78.4 Å². The molecule has 0 fully saturated rings. The predicted molar refractivity (Wildman–Crippen MR) is 168 cm³/mol. The van der Waals surface area contributed by atoms with Gasteiger partial charge in [-0.15, -0.1) is 0 Å². The van der Waals surface area contributed by atoms with Crippen molar-refractivity contribution in [1.82, 2.24) is 15.1 Å². The molecule has 0 bridgehead atoms. The molecule has 4 N–H and O–H groups in total. The van der Waals surface area contributed by atoms with Crippen LogP contribution in [-0.2, 0) is 20.8 Å². The average molecular weight is 587 g/mol. The lowest BCUT2D eigenvalue weighted by Crippen LogP contribution is -2.53. The first-order valence-electron chi connectivity index (χ1n) is 14.2. The molecule has 9 nitrogen and oxygen atoms in total. The fourth-order valence-corrected chi connectivity index (χ4v) is 5.53. The van der Waals surface area contributed by atoms with Crippen LogP contribution in [0.3, 0.4) is 0 Å². The number of nitrogens with zero attached hydrogens (tertiary/aromatic N) is 2. The summed E-state index contributed by atoms with van der Waals surface area (Å²) in [6, 6.07) is 21.5. The van der Waals surface area contributed by atoms with E-state index in [2.05, 4.69) is 5.32 Å². The molecule has 3 aromatic rings. The molecule has 228 valence electrons. The van der Waals surface area contributed by atoms with E-state index in [0.717, 1.165) is 16.3 Å². The zero-order valence-corrected chi connectivity index (χ0v) is 25.7. The highest BCUT2D eigenvalue weighted by atomic mass is 16.4. The summed E-state index contributed by atoms with van der Waals surface area (Å²) in [6.45, 7) is 6.99. The van der Waals surface area contributed by atoms with E-state index in [9.17, 15) is 19.2 Å². The van der Waals surface area contributed by atoms with Gasteiger partial charge in [-0.25, -0.2) is 4.79 Å². The minimum atomic E-state index is -1.15. The molecular formula is C34H42N4O5. The van der Waals surface area contributed by atoms with Gasteiger partial charge >= 0.3 is 6.09 Å². The molecule has 9 heteroatoms. The van der Waals surface area contributed by atoms with E-state index in [1.54, 1.807) is 53.9 Å². The maximum atomic E-state index is 14.2. The smallest absolute Gasteiger partial charge is 0.405 e. The van der Waals surface area contributed by atoms with Gasteiger partial charge < -0.3 is 26.0 Å². The number of likely N-dealkylation sites (N-methyl/N-ethyl adjacent to an activating group) is 2. The van der Waals surface area contributed by atoms with Gasteiger partial charge in [0.1, 0.15) is 6.04 Å². The first-order valence-corrected chi connectivity index (χ1v) is 14.2. The number of nitrogens with one attached hydrogen (secondary N) is 1. The van der Waals surface area contributed by atoms with Gasteiger partial charge in [-0.3, -0.25) is 14.4 Å². The van der Waals surface area contributed by atoms with Crippen molar-refractivity contribution in [3.8, 4) is 0 Å². The van der Waals surface area contributed by atoms with E-state index in [1.165, 1.54) is 15.9 Å². The average Bonchev–Trinajstić information content (AvgIpc) is 2.94. The van der Waals surface area contributed by atoms with Gasteiger partial charge in [0.2, 0.25) is 17.7 Å². The Balaban J connectivity index is 1.95. The van der Waals surface area contributed by atoms with Crippen LogP contribution in [0, 0.1) is 0 Å². The number of carboxylic acid groups (broad SMARTS) is 1. The maximum absolute atomic E-state index is 14.2. The molecule has 1 unspecified atom stereocenters. The minimum Gasteiger partial charge on any atom is -0.465 e. The number of hydrogen-bond acceptors (Lipinski definition) is 4. The van der Waals surface area contributed by atoms with Crippen LogP contribution >= 0.6 is 0 Å². The van der Waals surface area contributed by atoms with E-state index in [0.29, 0.717) is 17.6 Å². The van der Waals surface area contributed by atoms with Crippen LogP contribution in [-0.4, -0.2) is 70.4 Å². The van der Waals surface area contributed by atoms with Crippen molar-refractivity contribution in [1.29, 1.82) is 0 Å². The summed E-state index contributed by atoms with van der Waals surface area (Å²) < 4.78 is 0. The zero-order valence-electron chi connectivity index (χ0n) is 25.7. The molecule has 0 aromatic heterocycles. The van der Waals surface area contributed by atoms with Crippen molar-refractivity contribution < 1.29 is 24.3 Å². The second-order valence-corrected chi connectivity index (χ2v) is 11.8. The largest absolute Gasteiger partial charge is 0.465 e. The van der Waals surface area contributed by atoms with Gasteiger partial charge in [0.15, 0.2) is 0 Å². The summed E-state index contributed by atoms with van der Waals surface area (Å²) in [5.74, 6) is -2.02. The lowest BCUT2D eigenvalue weighted by atomic mass is 9.90. The molecule has 3 rings (SSSR count). The molecular weight excluding hydrogens is 544 g/mol. The quantitative estimate of drug-likeness (QED) is 0.265. The molecule has 0 aliphatic rings. The van der Waals surface area contributed by atoms with Crippen molar-refractivity contribution in [2.24, 2.45) is 5.73 Å². The van der Waals surface area contributed by atoms with E-state index in [4.69, 9.17) is 10.8 Å². The van der Waals surface area contributed by atoms with Crippen LogP contribution in [0.25, 0.3) is 10.8 Å². The Hall–Kier alpha value is -4.66. The normalized spacial score (nSPS) is 14.0. The summed E-state index contributed by atoms with van der Waals surface area (Å²) in [5, 5.41) is 13.7. The Bertz CT molecular complexity index is 1500. The number of benzene rings is 3. The lowest BCUT2D eigenvalue weighted by molar-refractivity contribution is -0.143. The Morgan fingerprint density at radius 1 is 0.930 bits per heavy atom. The summed E-state index contributed by atoms with van der Waals surface area (Å²) in [7, 11) is 3.20. The molecule has 0 heterocycles. The molecule has 4 amide bonds. The zero-order chi connectivity index (χ0) is 31.9. The van der Waals surface area contributed by atoms with Crippen molar-refractivity contribution in [3.05, 3.63) is 95.6 Å². The van der Waals surface area contributed by atoms with Crippen LogP contribution < -0.4 is 11.1 Å². The summed E-state index contributed by atoms with van der Waals surface area (Å²) in [5.41, 5.74) is 7.26. The third kappa shape index (κ3) is 8.67. The molecule has 0 aliphatic heterocycles. The number of amides is 4. The highest BCUT2D eigenvalue weighted by Crippen LogP contribution is 2.25. The summed E-state index contributed by atoms with van der Waals surface area (Å²) in [4.78, 5) is 54.3. The van der Waals surface area contributed by atoms with Gasteiger partial charge in [0.25, 0.3) is 0 Å². The molecule has 0 saturated heterocycles. The lowest BCUT2D eigenvalue weighted by Gasteiger charge is -2.36. The van der Waals surface area contributed by atoms with E-state index >= 15 is 0 Å². The Labute approximate surface area is 253 Å². The van der Waals surface area contributed by atoms with Crippen LogP contribution in [0.5, 0.6) is 0 Å². The highest BCUT2D eigenvalue weighted by Gasteiger charge is 2.35. The van der Waals surface area contributed by atoms with Gasteiger partial charge in [0.05, 0.1) is 5.92 Å². The molecule has 0 radical (unpaired) electrons. The Morgan fingerprint density at radius 3 is 2.14 bits per heavy atom. The molecule has 0 spiro atoms. The highest BCUT2D eigenvalue weighted by molar-refractivity contribution is 5.94. The third-order valence-corrected chi connectivity index (χ3v) is 7.79. The molecule has 3 atom stereocenters. The Kier molecular flexibility index (Phi) is 10.7. The maximum Gasteiger partial charge on any atom is 0.405 e. The fourth-order valence-electron chi connectivity index (χ4n) is 5.53. The molecule has 3 aromatic carbocycles. The van der Waals surface area contributed by atoms with Crippen molar-refractivity contribution >= 4 is 34.6 Å². The summed E-state index contributed by atoms with van der Waals surface area (Å²) in [6.07, 6.45) is 0.834. The van der Waals surface area contributed by atoms with Gasteiger partial charge in [-0.05, 0) is 56.0 Å². The SMILES string of the molecule is C/C(=C\C(=O)N(C)[C@H](Cc1ccc2ccccc2c1)C(=O)N(C)[C@H](C)C(C(N)=O)c1ccccc1)CC(C)(C)NC(=O)O. The number of carbonyl (C=O) groups excluding carboxylic acids is 3. The topological polar surface area (TPSA) is 133 Å². The number of nitrogens with two attached hydrogens (primary N) is 1. The Morgan fingerprint density at radius 2 is 1.53 bits per heavy atom. The minimum absolute atomic E-state index is 0.245. The van der Waals surface area contributed by atoms with Crippen LogP contribution in [0.1, 0.15) is 51.2 Å². The first-order chi connectivity index (χ1) is 20.2. The first kappa shape index (κ1) is 32.8. The number of hydrogen-bond donors (Lipinski definition) is 3. The molecule has 0 saturated carbocycles. The molecule has 0 aliphatic carbocycles. The predicted octanol–water partition coefficient (Wildman–Crippen LogP) is 4.71. The van der Waals surface area contributed by atoms with Crippen molar-refractivity contribution in [2.45, 2.75) is 64.1 Å². The standard InChI is InChI=1S/C34H42N4O5/c1-22(21-34(3,4)36-33(42)43)18-29(39)38(6)28(20-24-16-17-25-12-10-11-15-27(25)19-24)32(41)37(5)23(2)30(31(35)40)26-13-8-7-9-14-26/h7-19,23,28,30,36H,20-21H2,1-6H3,(H2,35,40)(H,42,43)/b22-18+/t23-,28-,30?/m1/s1. The number of fused-ring (bicyclic) bond motifs is 1. The summed E-state index contributed by atoms with van der Waals surface area (Å²) >= 11 is 0. The second-order valence-electron chi connectivity index (χ2n) is 11.8. The number of primary amides is 1. The van der Waals surface area contributed by atoms with Crippen LogP contribution in [0.15, 0.2) is 84.4 Å². The van der Waals surface area contributed by atoms with Crippen LogP contribution in [0.4, 0.5) is 4.79 Å². The fraction of sp³-hybridized carbons (Fsp3) is 0.353. The van der Waals surface area contributed by atoms with E-state index < -0.39 is 41.4 Å². The van der Waals surface area contributed by atoms with E-state index in [-0.39, 0.29) is 12.3 Å². The second kappa shape index (κ2) is 14.0. The van der Waals surface area contributed by atoms with Gasteiger partial charge in [-0.2, -0.15) is 0 Å². The van der Waals surface area contributed by atoms with E-state index in [1.807, 2.05) is 60.7 Å². The van der Waals surface area contributed by atoms with Crippen LogP contribution in [0.2, 0.25) is 0 Å². The number of carbonyl (C=O) groups is 4. The molecule has 43 heavy (non-hydrogen) atoms. The number of rotatable bonds is 12. The van der Waals surface area contributed by atoms with Crippen molar-refractivity contribution in [3.63, 3.8) is 0 Å². The van der Waals surface area contributed by atoms with Crippen molar-refractivity contribution in [2.75, 3.05) is 14.1 Å². The third-order valence-electron chi connectivity index (χ3n) is 7.79.